The van der Waals surface area contributed by atoms with Crippen LogP contribution in [0.2, 0.25) is 5.02 Å². The van der Waals surface area contributed by atoms with Crippen LogP contribution in [0.3, 0.4) is 0 Å². The molecule has 1 spiro atoms. The van der Waals surface area contributed by atoms with E-state index in [0.29, 0.717) is 65.3 Å². The number of benzene rings is 1. The first kappa shape index (κ1) is 28.2. The van der Waals surface area contributed by atoms with Crippen LogP contribution in [0.1, 0.15) is 56.1 Å². The smallest absolute Gasteiger partial charge is 0.410 e. The van der Waals surface area contributed by atoms with Gasteiger partial charge in [-0.15, -0.1) is 0 Å². The van der Waals surface area contributed by atoms with E-state index in [9.17, 15) is 9.59 Å². The normalized spacial score (nSPS) is 18.8. The Hall–Kier alpha value is -3.92. The lowest BCUT2D eigenvalue weighted by molar-refractivity contribution is -0.132. The number of aromatic nitrogens is 2. The number of likely N-dealkylation sites (tertiary alicyclic amines) is 1. The summed E-state index contributed by atoms with van der Waals surface area (Å²) in [6.07, 6.45) is 6.97. The Morgan fingerprint density at radius 1 is 1.26 bits per heavy atom. The molecule has 4 heterocycles. The summed E-state index contributed by atoms with van der Waals surface area (Å²) in [5.41, 5.74) is 3.49. The van der Waals surface area contributed by atoms with Gasteiger partial charge in [-0.25, -0.2) is 4.79 Å². The summed E-state index contributed by atoms with van der Waals surface area (Å²) in [7, 11) is 1.55. The standard InChI is InChI=1S/C31H36ClN5O5/c1-30(2,3)42-29(39)37-17-31(11-6-12-31)23(37)16-41-22-15-33-13-9-18(22)25-26(24-20(35-25)10-14-34-28(24)38)36-21-8-5-7-19(32)27(21)40-4/h5,7-9,13,15,23,35-36H,6,10-12,14,16-17H2,1-4H3,(H,34,38). The quantitative estimate of drug-likeness (QED) is 0.310. The van der Waals surface area contributed by atoms with Crippen molar-refractivity contribution < 1.29 is 23.8 Å². The number of carbonyl (C=O) groups excluding carboxylic acids is 2. The maximum atomic E-state index is 13.1. The largest absolute Gasteiger partial charge is 0.493 e. The third kappa shape index (κ3) is 5.02. The molecular formula is C31H36ClN5O5. The monoisotopic (exact) mass is 593 g/mol. The van der Waals surface area contributed by atoms with Crippen molar-refractivity contribution in [2.45, 2.75) is 58.1 Å². The van der Waals surface area contributed by atoms with Crippen molar-refractivity contribution >= 4 is 35.0 Å². The summed E-state index contributed by atoms with van der Waals surface area (Å²) in [6, 6.07) is 7.18. The number of amides is 2. The van der Waals surface area contributed by atoms with E-state index in [0.717, 1.165) is 30.5 Å². The van der Waals surface area contributed by atoms with Crippen molar-refractivity contribution in [2.75, 3.05) is 32.1 Å². The number of carbonyl (C=O) groups is 2. The average molecular weight is 594 g/mol. The van der Waals surface area contributed by atoms with Gasteiger partial charge in [0, 0.05) is 42.4 Å². The number of para-hydroxylation sites is 1. The van der Waals surface area contributed by atoms with Gasteiger partial charge in [-0.2, -0.15) is 0 Å². The van der Waals surface area contributed by atoms with Crippen molar-refractivity contribution in [3.63, 3.8) is 0 Å². The molecule has 42 heavy (non-hydrogen) atoms. The molecule has 11 heteroatoms. The van der Waals surface area contributed by atoms with Gasteiger partial charge in [0.15, 0.2) is 5.75 Å². The van der Waals surface area contributed by atoms with Crippen molar-refractivity contribution in [1.82, 2.24) is 20.2 Å². The van der Waals surface area contributed by atoms with Gasteiger partial charge in [0.2, 0.25) is 0 Å². The Labute approximate surface area is 250 Å². The summed E-state index contributed by atoms with van der Waals surface area (Å²) in [6.45, 7) is 7.15. The van der Waals surface area contributed by atoms with E-state index in [1.165, 1.54) is 0 Å². The molecule has 3 aromatic rings. The molecule has 1 saturated carbocycles. The molecule has 1 unspecified atom stereocenters. The number of anilines is 2. The maximum Gasteiger partial charge on any atom is 0.410 e. The minimum absolute atomic E-state index is 0.0682. The van der Waals surface area contributed by atoms with Crippen molar-refractivity contribution in [2.24, 2.45) is 5.41 Å². The fourth-order valence-electron chi connectivity index (χ4n) is 6.20. The lowest BCUT2D eigenvalue weighted by atomic mass is 9.58. The Kier molecular flexibility index (Phi) is 7.21. The number of ether oxygens (including phenoxy) is 3. The van der Waals surface area contributed by atoms with Crippen LogP contribution in [-0.4, -0.2) is 65.3 Å². The van der Waals surface area contributed by atoms with Crippen LogP contribution >= 0.6 is 11.6 Å². The molecule has 10 nitrogen and oxygen atoms in total. The summed E-state index contributed by atoms with van der Waals surface area (Å²) in [5, 5.41) is 6.81. The number of aromatic amines is 1. The number of rotatable bonds is 7. The number of fused-ring (bicyclic) bond motifs is 1. The molecule has 1 aliphatic carbocycles. The molecule has 1 aromatic carbocycles. The van der Waals surface area contributed by atoms with Crippen LogP contribution in [0.4, 0.5) is 16.2 Å². The fraction of sp³-hybridized carbons (Fsp3) is 0.452. The van der Waals surface area contributed by atoms with Gasteiger partial charge in [0.05, 0.1) is 47.0 Å². The van der Waals surface area contributed by atoms with Crippen LogP contribution < -0.4 is 20.1 Å². The molecule has 0 radical (unpaired) electrons. The molecule has 2 aromatic heterocycles. The Balaban J connectivity index is 1.33. The predicted octanol–water partition coefficient (Wildman–Crippen LogP) is 5.94. The second-order valence-electron chi connectivity index (χ2n) is 12.2. The van der Waals surface area contributed by atoms with Gasteiger partial charge in [0.1, 0.15) is 18.0 Å². The SMILES string of the molecule is COc1c(Cl)cccc1Nc1c(-c2ccncc2OCC2N(C(=O)OC(C)(C)C)CC23CCC3)[nH]c2c1C(=O)NCC2. The number of nitrogens with zero attached hydrogens (tertiary/aromatic N) is 2. The first-order valence-electron chi connectivity index (χ1n) is 14.3. The maximum absolute atomic E-state index is 13.1. The number of pyridine rings is 1. The van der Waals surface area contributed by atoms with Crippen LogP contribution in [0.5, 0.6) is 11.5 Å². The molecule has 3 aliphatic rings. The molecule has 2 aliphatic heterocycles. The van der Waals surface area contributed by atoms with Gasteiger partial charge < -0.3 is 34.7 Å². The van der Waals surface area contributed by atoms with Crippen molar-refractivity contribution in [3.05, 3.63) is 52.9 Å². The Bertz CT molecular complexity index is 1530. The number of nitrogens with one attached hydrogen (secondary N) is 3. The van der Waals surface area contributed by atoms with E-state index >= 15 is 0 Å². The fourth-order valence-corrected chi connectivity index (χ4v) is 6.45. The molecule has 3 N–H and O–H groups in total. The highest BCUT2D eigenvalue weighted by molar-refractivity contribution is 6.32. The van der Waals surface area contributed by atoms with E-state index in [-0.39, 0.29) is 23.5 Å². The predicted molar refractivity (Wildman–Crippen MR) is 160 cm³/mol. The number of H-pyrrole nitrogens is 1. The van der Waals surface area contributed by atoms with Crippen molar-refractivity contribution in [1.29, 1.82) is 0 Å². The second kappa shape index (κ2) is 10.7. The van der Waals surface area contributed by atoms with Gasteiger partial charge in [-0.1, -0.05) is 24.1 Å². The first-order valence-corrected chi connectivity index (χ1v) is 14.7. The molecule has 6 rings (SSSR count). The minimum Gasteiger partial charge on any atom is -0.493 e. The van der Waals surface area contributed by atoms with Gasteiger partial charge in [0.25, 0.3) is 5.91 Å². The Morgan fingerprint density at radius 2 is 2.07 bits per heavy atom. The Morgan fingerprint density at radius 3 is 2.79 bits per heavy atom. The lowest BCUT2D eigenvalue weighted by Crippen LogP contribution is -2.71. The highest BCUT2D eigenvalue weighted by atomic mass is 35.5. The second-order valence-corrected chi connectivity index (χ2v) is 12.6. The number of hydrogen-bond donors (Lipinski definition) is 3. The van der Waals surface area contributed by atoms with Crippen LogP contribution in [0.15, 0.2) is 36.7 Å². The van der Waals surface area contributed by atoms with E-state index in [1.807, 2.05) is 39.0 Å². The lowest BCUT2D eigenvalue weighted by Gasteiger charge is -2.61. The minimum atomic E-state index is -0.574. The molecule has 2 amide bonds. The van der Waals surface area contributed by atoms with Crippen LogP contribution in [0, 0.1) is 5.41 Å². The summed E-state index contributed by atoms with van der Waals surface area (Å²) in [5.74, 6) is 0.844. The molecule has 1 atom stereocenters. The van der Waals surface area contributed by atoms with Crippen LogP contribution in [-0.2, 0) is 11.2 Å². The third-order valence-corrected chi connectivity index (χ3v) is 8.69. The van der Waals surface area contributed by atoms with E-state index in [4.69, 9.17) is 25.8 Å². The van der Waals surface area contributed by atoms with Crippen LogP contribution in [0.25, 0.3) is 11.3 Å². The first-order chi connectivity index (χ1) is 20.1. The molecular weight excluding hydrogens is 558 g/mol. The van der Waals surface area contributed by atoms with Gasteiger partial charge in [-0.3, -0.25) is 9.78 Å². The van der Waals surface area contributed by atoms with E-state index in [1.54, 1.807) is 30.5 Å². The molecule has 222 valence electrons. The summed E-state index contributed by atoms with van der Waals surface area (Å²) in [4.78, 5) is 35.7. The number of methoxy groups -OCH3 is 1. The zero-order valence-electron chi connectivity index (χ0n) is 24.3. The third-order valence-electron chi connectivity index (χ3n) is 8.39. The topological polar surface area (TPSA) is 118 Å². The molecule has 2 fully saturated rings. The van der Waals surface area contributed by atoms with E-state index in [2.05, 4.69) is 20.6 Å². The zero-order valence-corrected chi connectivity index (χ0v) is 25.1. The number of hydrogen-bond acceptors (Lipinski definition) is 7. The molecule has 0 bridgehead atoms. The van der Waals surface area contributed by atoms with Gasteiger partial charge in [-0.05, 0) is 51.8 Å². The van der Waals surface area contributed by atoms with Gasteiger partial charge >= 0.3 is 6.09 Å². The summed E-state index contributed by atoms with van der Waals surface area (Å²) >= 11 is 6.41. The van der Waals surface area contributed by atoms with E-state index < -0.39 is 5.60 Å². The highest BCUT2D eigenvalue weighted by Crippen LogP contribution is 2.53. The van der Waals surface area contributed by atoms with Crippen molar-refractivity contribution in [3.8, 4) is 22.8 Å². The number of halogens is 1. The summed E-state index contributed by atoms with van der Waals surface area (Å²) < 4.78 is 17.7. The highest BCUT2D eigenvalue weighted by Gasteiger charge is 2.58. The zero-order chi connectivity index (χ0) is 29.6. The molecule has 1 saturated heterocycles. The average Bonchev–Trinajstić information content (AvgIpc) is 3.26.